The van der Waals surface area contributed by atoms with Gasteiger partial charge >= 0.3 is 5.97 Å². The van der Waals surface area contributed by atoms with E-state index in [1.54, 1.807) is 37.3 Å². The second-order valence-corrected chi connectivity index (χ2v) is 5.75. The van der Waals surface area contributed by atoms with Crippen molar-refractivity contribution in [3.8, 4) is 17.2 Å². The summed E-state index contributed by atoms with van der Waals surface area (Å²) in [5.41, 5.74) is 0.999. The van der Waals surface area contributed by atoms with Crippen molar-refractivity contribution < 1.29 is 19.0 Å². The van der Waals surface area contributed by atoms with Crippen LogP contribution in [0, 0.1) is 6.92 Å². The molecule has 0 aliphatic heterocycles. The van der Waals surface area contributed by atoms with Gasteiger partial charge in [-0.25, -0.2) is 4.79 Å². The third kappa shape index (κ3) is 4.53. The van der Waals surface area contributed by atoms with Crippen LogP contribution in [0.1, 0.15) is 12.5 Å². The highest BCUT2D eigenvalue weighted by Gasteiger charge is 2.20. The number of carbonyl (C=O) groups is 1. The van der Waals surface area contributed by atoms with Crippen molar-refractivity contribution in [1.82, 2.24) is 0 Å². The van der Waals surface area contributed by atoms with Crippen molar-refractivity contribution in [2.24, 2.45) is 0 Å². The summed E-state index contributed by atoms with van der Waals surface area (Å²) < 4.78 is 16.1. The SMILES string of the molecule is COc1cc(C)ccc1OC(=O)[C@H](C)Oc1ccc(Cl)cc1Cl. The minimum Gasteiger partial charge on any atom is -0.493 e. The maximum atomic E-state index is 12.2. The molecule has 0 saturated carbocycles. The fraction of sp³-hybridized carbons (Fsp3) is 0.235. The smallest absolute Gasteiger partial charge is 0.352 e. The van der Waals surface area contributed by atoms with Crippen molar-refractivity contribution in [1.29, 1.82) is 0 Å². The molecule has 23 heavy (non-hydrogen) atoms. The average molecular weight is 355 g/mol. The second kappa shape index (κ2) is 7.57. The van der Waals surface area contributed by atoms with Crippen LogP contribution in [0.5, 0.6) is 17.2 Å². The lowest BCUT2D eigenvalue weighted by Gasteiger charge is -2.16. The third-order valence-corrected chi connectivity index (χ3v) is 3.59. The fourth-order valence-electron chi connectivity index (χ4n) is 1.86. The van der Waals surface area contributed by atoms with E-state index in [0.717, 1.165) is 5.56 Å². The van der Waals surface area contributed by atoms with Gasteiger partial charge in [-0.3, -0.25) is 0 Å². The monoisotopic (exact) mass is 354 g/mol. The molecule has 0 bridgehead atoms. The van der Waals surface area contributed by atoms with Crippen molar-refractivity contribution in [3.05, 3.63) is 52.0 Å². The molecule has 0 aromatic heterocycles. The van der Waals surface area contributed by atoms with E-state index in [1.165, 1.54) is 7.11 Å². The van der Waals surface area contributed by atoms with E-state index in [2.05, 4.69) is 0 Å². The number of hydrogen-bond acceptors (Lipinski definition) is 4. The topological polar surface area (TPSA) is 44.8 Å². The summed E-state index contributed by atoms with van der Waals surface area (Å²) in [6, 6.07) is 10.1. The summed E-state index contributed by atoms with van der Waals surface area (Å²) in [6.45, 7) is 3.50. The van der Waals surface area contributed by atoms with Gasteiger partial charge in [0, 0.05) is 5.02 Å². The highest BCUT2D eigenvalue weighted by atomic mass is 35.5. The Bertz CT molecular complexity index is 716. The summed E-state index contributed by atoms with van der Waals surface area (Å²) in [7, 11) is 1.51. The predicted molar refractivity (Wildman–Crippen MR) is 89.9 cm³/mol. The van der Waals surface area contributed by atoms with Gasteiger partial charge in [0.1, 0.15) is 5.75 Å². The summed E-state index contributed by atoms with van der Waals surface area (Å²) in [4.78, 5) is 12.2. The van der Waals surface area contributed by atoms with Crippen LogP contribution in [0.25, 0.3) is 0 Å². The first-order chi connectivity index (χ1) is 10.9. The van der Waals surface area contributed by atoms with Crippen molar-refractivity contribution in [3.63, 3.8) is 0 Å². The maximum Gasteiger partial charge on any atom is 0.352 e. The van der Waals surface area contributed by atoms with Crippen molar-refractivity contribution >= 4 is 29.2 Å². The van der Waals surface area contributed by atoms with E-state index < -0.39 is 12.1 Å². The van der Waals surface area contributed by atoms with Crippen molar-refractivity contribution in [2.75, 3.05) is 7.11 Å². The minimum atomic E-state index is -0.848. The molecule has 0 amide bonds. The van der Waals surface area contributed by atoms with Crippen LogP contribution in [-0.4, -0.2) is 19.2 Å². The zero-order valence-corrected chi connectivity index (χ0v) is 14.4. The lowest BCUT2D eigenvalue weighted by Crippen LogP contribution is -2.28. The first kappa shape index (κ1) is 17.4. The fourth-order valence-corrected chi connectivity index (χ4v) is 2.31. The number of benzene rings is 2. The molecule has 0 heterocycles. The van der Waals surface area contributed by atoms with Gasteiger partial charge in [0.2, 0.25) is 0 Å². The Balaban J connectivity index is 2.08. The average Bonchev–Trinajstić information content (AvgIpc) is 2.51. The van der Waals surface area contributed by atoms with E-state index in [1.807, 2.05) is 13.0 Å². The van der Waals surface area contributed by atoms with Crippen LogP contribution in [-0.2, 0) is 4.79 Å². The number of halogens is 2. The van der Waals surface area contributed by atoms with Crippen LogP contribution in [0.3, 0.4) is 0 Å². The molecule has 122 valence electrons. The van der Waals surface area contributed by atoms with Gasteiger partial charge in [0.05, 0.1) is 12.1 Å². The molecule has 0 aliphatic carbocycles. The third-order valence-electron chi connectivity index (χ3n) is 3.06. The number of hydrogen-bond donors (Lipinski definition) is 0. The summed E-state index contributed by atoms with van der Waals surface area (Å²) in [5, 5.41) is 0.812. The Labute approximate surface area is 144 Å². The number of methoxy groups -OCH3 is 1. The Morgan fingerprint density at radius 2 is 1.74 bits per heavy atom. The number of esters is 1. The van der Waals surface area contributed by atoms with E-state index in [9.17, 15) is 4.79 Å². The summed E-state index contributed by atoms with van der Waals surface area (Å²) in [5.74, 6) is 0.616. The molecule has 0 aliphatic rings. The Morgan fingerprint density at radius 1 is 1.04 bits per heavy atom. The minimum absolute atomic E-state index is 0.324. The highest BCUT2D eigenvalue weighted by Crippen LogP contribution is 2.30. The van der Waals surface area contributed by atoms with Crippen LogP contribution in [0.15, 0.2) is 36.4 Å². The van der Waals surface area contributed by atoms with Crippen LogP contribution in [0.4, 0.5) is 0 Å². The van der Waals surface area contributed by atoms with Crippen LogP contribution in [0.2, 0.25) is 10.0 Å². The molecule has 2 aromatic carbocycles. The normalized spacial score (nSPS) is 11.7. The molecular formula is C17H16Cl2O4. The van der Waals surface area contributed by atoms with Gasteiger partial charge in [-0.2, -0.15) is 0 Å². The largest absolute Gasteiger partial charge is 0.493 e. The second-order valence-electron chi connectivity index (χ2n) is 4.91. The number of ether oxygens (including phenoxy) is 3. The van der Waals surface area contributed by atoms with Gasteiger partial charge in [0.15, 0.2) is 17.6 Å². The molecule has 6 heteroatoms. The van der Waals surface area contributed by atoms with Crippen LogP contribution >= 0.6 is 23.2 Å². The Kier molecular flexibility index (Phi) is 5.74. The number of carbonyl (C=O) groups excluding carboxylic acids is 1. The van der Waals surface area contributed by atoms with Crippen molar-refractivity contribution in [2.45, 2.75) is 20.0 Å². The van der Waals surface area contributed by atoms with E-state index >= 15 is 0 Å². The lowest BCUT2D eigenvalue weighted by molar-refractivity contribution is -0.141. The Hall–Kier alpha value is -1.91. The number of rotatable bonds is 5. The maximum absolute atomic E-state index is 12.2. The number of aryl methyl sites for hydroxylation is 1. The summed E-state index contributed by atoms with van der Waals surface area (Å²) in [6.07, 6.45) is -0.848. The zero-order valence-electron chi connectivity index (χ0n) is 12.9. The molecule has 0 unspecified atom stereocenters. The standard InChI is InChI=1S/C17H16Cl2O4/c1-10-4-6-15(16(8-10)21-3)23-17(20)11(2)22-14-7-5-12(18)9-13(14)19/h4-9,11H,1-3H3/t11-/m0/s1. The first-order valence-electron chi connectivity index (χ1n) is 6.88. The van der Waals surface area contributed by atoms with Gasteiger partial charge in [-0.05, 0) is 49.7 Å². The molecule has 2 rings (SSSR count). The van der Waals surface area contributed by atoms with Gasteiger partial charge < -0.3 is 14.2 Å². The predicted octanol–water partition coefficient (Wildman–Crippen LogP) is 4.68. The zero-order chi connectivity index (χ0) is 17.0. The lowest BCUT2D eigenvalue weighted by atomic mass is 10.2. The van der Waals surface area contributed by atoms with Gasteiger partial charge in [0.25, 0.3) is 0 Å². The highest BCUT2D eigenvalue weighted by molar-refractivity contribution is 6.35. The molecule has 4 nitrogen and oxygen atoms in total. The molecule has 0 spiro atoms. The van der Waals surface area contributed by atoms with E-state index in [4.69, 9.17) is 37.4 Å². The molecular weight excluding hydrogens is 339 g/mol. The quantitative estimate of drug-likeness (QED) is 0.577. The Morgan fingerprint density at radius 3 is 2.39 bits per heavy atom. The van der Waals surface area contributed by atoms with Crippen LogP contribution < -0.4 is 14.2 Å². The first-order valence-corrected chi connectivity index (χ1v) is 7.64. The molecule has 0 radical (unpaired) electrons. The molecule has 2 aromatic rings. The molecule has 1 atom stereocenters. The summed E-state index contributed by atoms with van der Waals surface area (Å²) >= 11 is 11.8. The van der Waals surface area contributed by atoms with E-state index in [-0.39, 0.29) is 0 Å². The van der Waals surface area contributed by atoms with E-state index in [0.29, 0.717) is 27.3 Å². The van der Waals surface area contributed by atoms with Gasteiger partial charge in [-0.1, -0.05) is 29.3 Å². The molecule has 0 saturated heterocycles. The molecule has 0 N–H and O–H groups in total. The van der Waals surface area contributed by atoms with Gasteiger partial charge in [-0.15, -0.1) is 0 Å². The molecule has 0 fully saturated rings.